The van der Waals surface area contributed by atoms with Gasteiger partial charge in [-0.2, -0.15) is 0 Å². The molecule has 4 rings (SSSR count). The van der Waals surface area contributed by atoms with E-state index in [4.69, 9.17) is 21.1 Å². The molecule has 1 N–H and O–H groups in total. The predicted molar refractivity (Wildman–Crippen MR) is 138 cm³/mol. The Morgan fingerprint density at radius 1 is 0.917 bits per heavy atom. The van der Waals surface area contributed by atoms with Gasteiger partial charge in [-0.1, -0.05) is 59.1 Å². The fourth-order valence-electron chi connectivity index (χ4n) is 3.99. The van der Waals surface area contributed by atoms with E-state index >= 15 is 0 Å². The third kappa shape index (κ3) is 5.42. The van der Waals surface area contributed by atoms with E-state index in [0.717, 1.165) is 21.6 Å². The third-order valence-corrected chi connectivity index (χ3v) is 5.77. The Bertz CT molecular complexity index is 1360. The summed E-state index contributed by atoms with van der Waals surface area (Å²) >= 11 is 6.19. The minimum absolute atomic E-state index is 0.185. The lowest BCUT2D eigenvalue weighted by Crippen LogP contribution is -2.54. The van der Waals surface area contributed by atoms with Gasteiger partial charge in [0.1, 0.15) is 12.2 Å². The number of hydrogen-bond donors (Lipinski definition) is 1. The third-order valence-electron chi connectivity index (χ3n) is 5.45. The van der Waals surface area contributed by atoms with Gasteiger partial charge in [-0.05, 0) is 62.2 Å². The largest absolute Gasteiger partial charge is 0.490 e. The van der Waals surface area contributed by atoms with Crippen LogP contribution < -0.4 is 19.7 Å². The van der Waals surface area contributed by atoms with Crippen molar-refractivity contribution in [1.29, 1.82) is 0 Å². The number of carbonyl (C=O) groups is 3. The highest BCUT2D eigenvalue weighted by atomic mass is 35.5. The first-order valence-corrected chi connectivity index (χ1v) is 11.8. The highest BCUT2D eigenvalue weighted by Gasteiger charge is 2.37. The number of ether oxygens (including phenoxy) is 2. The van der Waals surface area contributed by atoms with Crippen LogP contribution in [-0.2, 0) is 16.2 Å². The Labute approximate surface area is 214 Å². The number of para-hydroxylation sites is 1. The van der Waals surface area contributed by atoms with E-state index in [1.807, 2.05) is 20.8 Å². The second-order valence-corrected chi connectivity index (χ2v) is 8.74. The van der Waals surface area contributed by atoms with Crippen LogP contribution in [0.5, 0.6) is 11.5 Å². The fourth-order valence-corrected chi connectivity index (χ4v) is 4.21. The molecule has 0 bridgehead atoms. The molecular formula is C28H25ClN2O5. The summed E-state index contributed by atoms with van der Waals surface area (Å²) in [6.07, 6.45) is 1.41. The number of urea groups is 1. The zero-order valence-corrected chi connectivity index (χ0v) is 20.9. The lowest BCUT2D eigenvalue weighted by atomic mass is 10.1. The lowest BCUT2D eigenvalue weighted by Gasteiger charge is -2.27. The van der Waals surface area contributed by atoms with Crippen LogP contribution in [0.4, 0.5) is 10.5 Å². The highest BCUT2D eigenvalue weighted by molar-refractivity contribution is 6.42. The maximum atomic E-state index is 13.2. The van der Waals surface area contributed by atoms with Crippen molar-refractivity contribution in [1.82, 2.24) is 5.32 Å². The molecule has 0 aliphatic carbocycles. The first-order chi connectivity index (χ1) is 17.3. The quantitative estimate of drug-likeness (QED) is 0.334. The molecule has 0 saturated carbocycles. The maximum Gasteiger partial charge on any atom is 0.335 e. The summed E-state index contributed by atoms with van der Waals surface area (Å²) in [5.41, 5.74) is 3.85. The molecule has 3 aromatic carbocycles. The molecular weight excluding hydrogens is 480 g/mol. The normalized spacial score (nSPS) is 14.7. The molecule has 1 aliphatic rings. The molecule has 0 radical (unpaired) electrons. The van der Waals surface area contributed by atoms with Crippen LogP contribution >= 0.6 is 11.6 Å². The molecule has 8 heteroatoms. The van der Waals surface area contributed by atoms with E-state index in [-0.39, 0.29) is 16.3 Å². The fraction of sp³-hybridized carbons (Fsp3) is 0.179. The molecule has 1 heterocycles. The summed E-state index contributed by atoms with van der Waals surface area (Å²) in [6.45, 7) is 6.68. The van der Waals surface area contributed by atoms with Gasteiger partial charge in [-0.15, -0.1) is 0 Å². The van der Waals surface area contributed by atoms with Gasteiger partial charge in [0, 0.05) is 0 Å². The summed E-state index contributed by atoms with van der Waals surface area (Å²) in [6, 6.07) is 16.9. The first-order valence-electron chi connectivity index (χ1n) is 11.4. The van der Waals surface area contributed by atoms with Gasteiger partial charge in [0.25, 0.3) is 11.8 Å². The number of imide groups is 2. The summed E-state index contributed by atoms with van der Waals surface area (Å²) in [4.78, 5) is 39.0. The molecule has 184 valence electrons. The standard InChI is InChI=1S/C28H25ClN2O5/c1-4-35-25-15-19(9-10-24(25)36-16-20-12-17(2)11-18(3)13-20)14-21-26(32)30-28(34)31(27(21)33)23-8-6-5-7-22(23)29/h5-15H,4,16H2,1-3H3,(H,30,32,34)/b21-14+. The van der Waals surface area contributed by atoms with Crippen molar-refractivity contribution in [3.63, 3.8) is 0 Å². The number of hydrogen-bond acceptors (Lipinski definition) is 5. The maximum absolute atomic E-state index is 13.2. The number of amides is 4. The number of benzene rings is 3. The molecule has 3 aromatic rings. The average molecular weight is 505 g/mol. The minimum atomic E-state index is -0.861. The first kappa shape index (κ1) is 25.0. The number of nitrogens with one attached hydrogen (secondary N) is 1. The van der Waals surface area contributed by atoms with Crippen LogP contribution in [0.15, 0.2) is 66.2 Å². The van der Waals surface area contributed by atoms with Gasteiger partial charge in [0.15, 0.2) is 11.5 Å². The molecule has 0 spiro atoms. The van der Waals surface area contributed by atoms with E-state index in [9.17, 15) is 14.4 Å². The summed E-state index contributed by atoms with van der Waals surface area (Å²) < 4.78 is 11.8. The Kier molecular flexibility index (Phi) is 7.41. The average Bonchev–Trinajstić information content (AvgIpc) is 2.82. The van der Waals surface area contributed by atoms with Crippen LogP contribution in [0, 0.1) is 13.8 Å². The molecule has 7 nitrogen and oxygen atoms in total. The van der Waals surface area contributed by atoms with Gasteiger partial charge < -0.3 is 9.47 Å². The molecule has 0 aromatic heterocycles. The number of barbiturate groups is 1. The minimum Gasteiger partial charge on any atom is -0.490 e. The molecule has 1 saturated heterocycles. The number of halogens is 1. The molecule has 1 aliphatic heterocycles. The van der Waals surface area contributed by atoms with Crippen molar-refractivity contribution >= 4 is 41.2 Å². The number of nitrogens with zero attached hydrogens (tertiary/aromatic N) is 1. The summed E-state index contributed by atoms with van der Waals surface area (Å²) in [7, 11) is 0. The van der Waals surface area contributed by atoms with Crippen molar-refractivity contribution in [2.75, 3.05) is 11.5 Å². The zero-order chi connectivity index (χ0) is 25.8. The molecule has 36 heavy (non-hydrogen) atoms. The molecule has 0 unspecified atom stereocenters. The number of carbonyl (C=O) groups excluding carboxylic acids is 3. The van der Waals surface area contributed by atoms with E-state index in [1.165, 1.54) is 12.1 Å². The van der Waals surface area contributed by atoms with E-state index in [1.54, 1.807) is 36.4 Å². The van der Waals surface area contributed by atoms with Gasteiger partial charge >= 0.3 is 6.03 Å². The van der Waals surface area contributed by atoms with Crippen molar-refractivity contribution in [3.8, 4) is 11.5 Å². The molecule has 1 fully saturated rings. The number of anilines is 1. The Morgan fingerprint density at radius 2 is 1.64 bits per heavy atom. The van der Waals surface area contributed by atoms with Crippen LogP contribution in [0.25, 0.3) is 6.08 Å². The second kappa shape index (κ2) is 10.7. The van der Waals surface area contributed by atoms with Crippen molar-refractivity contribution in [3.05, 3.63) is 93.5 Å². The van der Waals surface area contributed by atoms with Crippen molar-refractivity contribution in [2.45, 2.75) is 27.4 Å². The lowest BCUT2D eigenvalue weighted by molar-refractivity contribution is -0.122. The highest BCUT2D eigenvalue weighted by Crippen LogP contribution is 2.32. The van der Waals surface area contributed by atoms with Crippen LogP contribution in [0.1, 0.15) is 29.2 Å². The number of rotatable bonds is 7. The zero-order valence-electron chi connectivity index (χ0n) is 20.1. The van der Waals surface area contributed by atoms with Crippen molar-refractivity contribution < 1.29 is 23.9 Å². The van der Waals surface area contributed by atoms with Gasteiger partial charge in [0.2, 0.25) is 0 Å². The Balaban J connectivity index is 1.62. The SMILES string of the molecule is CCOc1cc(/C=C2\C(=O)NC(=O)N(c3ccccc3Cl)C2=O)ccc1OCc1cc(C)cc(C)c1. The summed E-state index contributed by atoms with van der Waals surface area (Å²) in [5, 5.41) is 2.41. The van der Waals surface area contributed by atoms with Crippen LogP contribution in [-0.4, -0.2) is 24.5 Å². The smallest absolute Gasteiger partial charge is 0.335 e. The summed E-state index contributed by atoms with van der Waals surface area (Å²) in [5.74, 6) is -0.559. The van der Waals surface area contributed by atoms with Gasteiger partial charge in [0.05, 0.1) is 17.3 Å². The molecule has 4 amide bonds. The predicted octanol–water partition coefficient (Wildman–Crippen LogP) is 5.60. The van der Waals surface area contributed by atoms with E-state index < -0.39 is 17.8 Å². The monoisotopic (exact) mass is 504 g/mol. The van der Waals surface area contributed by atoms with E-state index in [2.05, 4.69) is 23.5 Å². The number of aryl methyl sites for hydroxylation is 2. The van der Waals surface area contributed by atoms with E-state index in [0.29, 0.717) is 30.3 Å². The second-order valence-electron chi connectivity index (χ2n) is 8.33. The van der Waals surface area contributed by atoms with Crippen molar-refractivity contribution in [2.24, 2.45) is 0 Å². The van der Waals surface area contributed by atoms with Gasteiger partial charge in [-0.3, -0.25) is 14.9 Å². The molecule has 0 atom stereocenters. The topological polar surface area (TPSA) is 84.9 Å². The van der Waals surface area contributed by atoms with Crippen LogP contribution in [0.2, 0.25) is 5.02 Å². The Hall–Kier alpha value is -4.10. The van der Waals surface area contributed by atoms with Gasteiger partial charge in [-0.25, -0.2) is 9.69 Å². The Morgan fingerprint density at radius 3 is 2.33 bits per heavy atom. The van der Waals surface area contributed by atoms with Crippen LogP contribution in [0.3, 0.4) is 0 Å².